The Bertz CT molecular complexity index is 407. The van der Waals surface area contributed by atoms with Crippen LogP contribution in [0.1, 0.15) is 29.5 Å². The Labute approximate surface area is 115 Å². The summed E-state index contributed by atoms with van der Waals surface area (Å²) in [5.74, 6) is 0.980. The average Bonchev–Trinajstić information content (AvgIpc) is 2.37. The smallest absolute Gasteiger partial charge is 0.219 e. The van der Waals surface area contributed by atoms with E-state index in [-0.39, 0.29) is 5.91 Å². The number of rotatable bonds is 7. The zero-order chi connectivity index (χ0) is 14.3. The monoisotopic (exact) mass is 264 g/mol. The third-order valence-electron chi connectivity index (χ3n) is 3.03. The maximum atomic E-state index is 11.1. The van der Waals surface area contributed by atoms with Gasteiger partial charge in [0.05, 0.1) is 6.61 Å². The molecule has 0 aliphatic heterocycles. The number of nitrogens with two attached hydrogens (primary N) is 1. The highest BCUT2D eigenvalue weighted by Gasteiger charge is 2.07. The molecule has 19 heavy (non-hydrogen) atoms. The van der Waals surface area contributed by atoms with Crippen LogP contribution in [0.15, 0.2) is 12.1 Å². The highest BCUT2D eigenvalue weighted by Crippen LogP contribution is 2.25. The van der Waals surface area contributed by atoms with E-state index in [9.17, 15) is 4.79 Å². The predicted octanol–water partition coefficient (Wildman–Crippen LogP) is 1.71. The second-order valence-electron chi connectivity index (χ2n) is 4.72. The van der Waals surface area contributed by atoms with Crippen LogP contribution in [-0.4, -0.2) is 26.1 Å². The summed E-state index contributed by atoms with van der Waals surface area (Å²) in [5, 5.41) is 2.60. The van der Waals surface area contributed by atoms with Gasteiger partial charge in [0.1, 0.15) is 5.75 Å². The van der Waals surface area contributed by atoms with Crippen molar-refractivity contribution in [2.24, 2.45) is 5.73 Å². The lowest BCUT2D eigenvalue weighted by Crippen LogP contribution is -2.18. The summed E-state index contributed by atoms with van der Waals surface area (Å²) in [6.07, 6.45) is 2.11. The molecule has 0 aliphatic rings. The zero-order valence-corrected chi connectivity index (χ0v) is 12.1. The molecule has 0 spiro atoms. The van der Waals surface area contributed by atoms with Gasteiger partial charge in [0.15, 0.2) is 0 Å². The lowest BCUT2D eigenvalue weighted by atomic mass is 10.0. The van der Waals surface area contributed by atoms with Crippen LogP contribution in [0.25, 0.3) is 0 Å². The minimum Gasteiger partial charge on any atom is -0.493 e. The lowest BCUT2D eigenvalue weighted by molar-refractivity contribution is -0.120. The number of aryl methyl sites for hydroxylation is 2. The number of ether oxygens (including phenoxy) is 1. The van der Waals surface area contributed by atoms with Gasteiger partial charge in [-0.1, -0.05) is 12.1 Å². The van der Waals surface area contributed by atoms with Gasteiger partial charge in [-0.25, -0.2) is 0 Å². The topological polar surface area (TPSA) is 64.3 Å². The summed E-state index contributed by atoms with van der Waals surface area (Å²) >= 11 is 0. The van der Waals surface area contributed by atoms with Gasteiger partial charge in [-0.05, 0) is 49.9 Å². The molecule has 3 N–H and O–H groups in total. The quantitative estimate of drug-likeness (QED) is 0.737. The van der Waals surface area contributed by atoms with E-state index in [1.807, 2.05) is 13.8 Å². The Morgan fingerprint density at radius 3 is 2.47 bits per heavy atom. The molecule has 0 unspecified atom stereocenters. The number of amides is 1. The van der Waals surface area contributed by atoms with Crippen LogP contribution in [0.2, 0.25) is 0 Å². The van der Waals surface area contributed by atoms with Crippen molar-refractivity contribution < 1.29 is 9.53 Å². The van der Waals surface area contributed by atoms with E-state index in [1.54, 1.807) is 7.05 Å². The van der Waals surface area contributed by atoms with E-state index in [0.29, 0.717) is 19.6 Å². The van der Waals surface area contributed by atoms with Gasteiger partial charge in [0.25, 0.3) is 0 Å². The zero-order valence-electron chi connectivity index (χ0n) is 12.1. The third-order valence-corrected chi connectivity index (χ3v) is 3.03. The summed E-state index contributed by atoms with van der Waals surface area (Å²) in [6.45, 7) is 5.30. The SMILES string of the molecule is CNC(=O)CCCOc1c(C)cc(CCN)cc1C. The normalized spacial score (nSPS) is 10.3. The van der Waals surface area contributed by atoms with Crippen LogP contribution in [0.5, 0.6) is 5.75 Å². The molecule has 1 amide bonds. The molecule has 1 aromatic carbocycles. The number of hydrogen-bond donors (Lipinski definition) is 2. The van der Waals surface area contributed by atoms with Gasteiger partial charge in [-0.15, -0.1) is 0 Å². The van der Waals surface area contributed by atoms with Crippen LogP contribution in [-0.2, 0) is 11.2 Å². The molecule has 0 saturated carbocycles. The molecule has 0 aromatic heterocycles. The van der Waals surface area contributed by atoms with E-state index in [2.05, 4.69) is 17.4 Å². The van der Waals surface area contributed by atoms with Crippen molar-refractivity contribution in [1.82, 2.24) is 5.32 Å². The molecule has 1 rings (SSSR count). The summed E-state index contributed by atoms with van der Waals surface area (Å²) < 4.78 is 5.78. The van der Waals surface area contributed by atoms with Crippen molar-refractivity contribution in [3.05, 3.63) is 28.8 Å². The van der Waals surface area contributed by atoms with Crippen LogP contribution < -0.4 is 15.8 Å². The Morgan fingerprint density at radius 2 is 1.95 bits per heavy atom. The van der Waals surface area contributed by atoms with Gasteiger partial charge < -0.3 is 15.8 Å². The molecule has 106 valence electrons. The van der Waals surface area contributed by atoms with E-state index < -0.39 is 0 Å². The van der Waals surface area contributed by atoms with Crippen LogP contribution in [0.3, 0.4) is 0 Å². The second-order valence-corrected chi connectivity index (χ2v) is 4.72. The van der Waals surface area contributed by atoms with Gasteiger partial charge >= 0.3 is 0 Å². The minimum absolute atomic E-state index is 0.0512. The molecule has 0 heterocycles. The molecule has 0 fully saturated rings. The van der Waals surface area contributed by atoms with Crippen molar-refractivity contribution in [2.45, 2.75) is 33.1 Å². The van der Waals surface area contributed by atoms with Crippen molar-refractivity contribution in [1.29, 1.82) is 0 Å². The van der Waals surface area contributed by atoms with Crippen molar-refractivity contribution in [3.8, 4) is 5.75 Å². The fourth-order valence-electron chi connectivity index (χ4n) is 2.11. The van der Waals surface area contributed by atoms with Gasteiger partial charge in [-0.2, -0.15) is 0 Å². The van der Waals surface area contributed by atoms with E-state index in [1.165, 1.54) is 5.56 Å². The summed E-state index contributed by atoms with van der Waals surface area (Å²) in [4.78, 5) is 11.1. The Kier molecular flexibility index (Phi) is 6.36. The molecule has 0 atom stereocenters. The Hall–Kier alpha value is -1.55. The van der Waals surface area contributed by atoms with Crippen LogP contribution >= 0.6 is 0 Å². The molecule has 0 saturated heterocycles. The summed E-state index contributed by atoms with van der Waals surface area (Å²) in [5.41, 5.74) is 9.07. The lowest BCUT2D eigenvalue weighted by Gasteiger charge is -2.14. The standard InChI is InChI=1S/C15H24N2O2/c1-11-9-13(6-7-16)10-12(2)15(11)19-8-4-5-14(18)17-3/h9-10H,4-8,16H2,1-3H3,(H,17,18). The van der Waals surface area contributed by atoms with Crippen LogP contribution in [0, 0.1) is 13.8 Å². The molecular weight excluding hydrogens is 240 g/mol. The molecule has 0 aliphatic carbocycles. The molecule has 0 bridgehead atoms. The van der Waals surface area contributed by atoms with Crippen molar-refractivity contribution >= 4 is 5.91 Å². The van der Waals surface area contributed by atoms with E-state index in [4.69, 9.17) is 10.5 Å². The molecule has 4 heteroatoms. The Morgan fingerprint density at radius 1 is 1.32 bits per heavy atom. The number of carbonyl (C=O) groups is 1. The molecular formula is C15H24N2O2. The molecule has 0 radical (unpaired) electrons. The van der Waals surface area contributed by atoms with Crippen molar-refractivity contribution in [3.63, 3.8) is 0 Å². The first-order valence-corrected chi connectivity index (χ1v) is 6.72. The number of carbonyl (C=O) groups excluding carboxylic acids is 1. The fraction of sp³-hybridized carbons (Fsp3) is 0.533. The van der Waals surface area contributed by atoms with Gasteiger partial charge in [0.2, 0.25) is 5.91 Å². The summed E-state index contributed by atoms with van der Waals surface area (Å²) in [7, 11) is 1.65. The first-order valence-electron chi connectivity index (χ1n) is 6.72. The maximum Gasteiger partial charge on any atom is 0.219 e. The van der Waals surface area contributed by atoms with Gasteiger partial charge in [-0.3, -0.25) is 4.79 Å². The first kappa shape index (κ1) is 15.5. The molecule has 1 aromatic rings. The average molecular weight is 264 g/mol. The maximum absolute atomic E-state index is 11.1. The first-order chi connectivity index (χ1) is 9.08. The van der Waals surface area contributed by atoms with Crippen LogP contribution in [0.4, 0.5) is 0 Å². The number of hydrogen-bond acceptors (Lipinski definition) is 3. The highest BCUT2D eigenvalue weighted by atomic mass is 16.5. The second kappa shape index (κ2) is 7.79. The fourth-order valence-corrected chi connectivity index (χ4v) is 2.11. The van der Waals surface area contributed by atoms with Gasteiger partial charge in [0, 0.05) is 13.5 Å². The summed E-state index contributed by atoms with van der Waals surface area (Å²) in [6, 6.07) is 4.24. The minimum atomic E-state index is 0.0512. The Balaban J connectivity index is 2.56. The van der Waals surface area contributed by atoms with E-state index in [0.717, 1.165) is 29.7 Å². The highest BCUT2D eigenvalue weighted by molar-refractivity contribution is 5.75. The predicted molar refractivity (Wildman–Crippen MR) is 77.5 cm³/mol. The van der Waals surface area contributed by atoms with E-state index >= 15 is 0 Å². The molecule has 4 nitrogen and oxygen atoms in total. The third kappa shape index (κ3) is 4.91. The number of nitrogens with one attached hydrogen (secondary N) is 1. The van der Waals surface area contributed by atoms with Crippen molar-refractivity contribution in [2.75, 3.05) is 20.2 Å². The number of benzene rings is 1. The largest absolute Gasteiger partial charge is 0.493 e.